The Kier molecular flexibility index (Phi) is 13.6. The van der Waals surface area contributed by atoms with Gasteiger partial charge in [-0.3, -0.25) is 4.79 Å². The van der Waals surface area contributed by atoms with Crippen LogP contribution in [0.3, 0.4) is 0 Å². The fraction of sp³-hybridized carbons (Fsp3) is 0.389. The molecular weight excluding hydrogens is 766 g/mol. The predicted molar refractivity (Wildman–Crippen MR) is 200 cm³/mol. The molecular formula is C36H40Cl2F3N9O5. The van der Waals surface area contributed by atoms with Crippen molar-refractivity contribution in [2.45, 2.75) is 76.0 Å². The summed E-state index contributed by atoms with van der Waals surface area (Å²) >= 11 is 12.4. The first-order valence-electron chi connectivity index (χ1n) is 17.4. The van der Waals surface area contributed by atoms with Crippen molar-refractivity contribution in [3.63, 3.8) is 0 Å². The fourth-order valence-corrected chi connectivity index (χ4v) is 6.38. The molecule has 294 valence electrons. The number of alkyl halides is 3. The Hall–Kier alpha value is -4.97. The highest BCUT2D eigenvalue weighted by Gasteiger charge is 2.44. The quantitative estimate of drug-likeness (QED) is 0.0888. The monoisotopic (exact) mass is 805 g/mol. The van der Waals surface area contributed by atoms with Gasteiger partial charge in [-0.2, -0.15) is 23.1 Å². The van der Waals surface area contributed by atoms with Crippen molar-refractivity contribution >= 4 is 58.0 Å². The molecule has 1 aliphatic rings. The molecule has 19 heteroatoms. The van der Waals surface area contributed by atoms with E-state index >= 15 is 0 Å². The van der Waals surface area contributed by atoms with Crippen molar-refractivity contribution in [3.05, 3.63) is 94.2 Å². The lowest BCUT2D eigenvalue weighted by molar-refractivity contribution is -0.192. The number of nitrogens with one attached hydrogen (secondary N) is 3. The normalized spacial score (nSPS) is 18.2. The van der Waals surface area contributed by atoms with Crippen LogP contribution in [0.25, 0.3) is 11.2 Å². The summed E-state index contributed by atoms with van der Waals surface area (Å²) in [5.41, 5.74) is 4.05. The number of halogens is 5. The van der Waals surface area contributed by atoms with Gasteiger partial charge in [0.25, 0.3) is 0 Å². The topological polar surface area (TPSA) is 192 Å². The molecule has 6 rings (SSSR count). The molecule has 0 aliphatic heterocycles. The SMILES string of the molecule is CCC(=O)N[C@H]1C[C@@H](n2cnc3c(NCC(c4ccc(Cl)cc4)c4ccc(Cl)cc4)nc(NCCc4cn(CC)cn4)nc32)[C@H](O)[C@@H]1O.O=C(O)C(F)(F)F. The van der Waals surface area contributed by atoms with Crippen molar-refractivity contribution < 1.29 is 38.1 Å². The number of aryl methyl sites for hydroxylation is 1. The van der Waals surface area contributed by atoms with Crippen LogP contribution in [0.1, 0.15) is 55.5 Å². The average molecular weight is 807 g/mol. The van der Waals surface area contributed by atoms with E-state index in [4.69, 9.17) is 43.1 Å². The number of amides is 1. The molecule has 14 nitrogen and oxygen atoms in total. The van der Waals surface area contributed by atoms with Crippen LogP contribution in [-0.4, -0.2) is 93.8 Å². The third-order valence-corrected chi connectivity index (χ3v) is 9.58. The summed E-state index contributed by atoms with van der Waals surface area (Å²) in [4.78, 5) is 39.8. The number of aliphatic hydroxyl groups excluding tert-OH is 2. The maximum Gasteiger partial charge on any atom is 0.490 e. The third-order valence-electron chi connectivity index (χ3n) is 9.08. The average Bonchev–Trinajstić information content (AvgIpc) is 3.87. The number of aliphatic carboxylic acids is 1. The van der Waals surface area contributed by atoms with Gasteiger partial charge in [0.15, 0.2) is 17.0 Å². The summed E-state index contributed by atoms with van der Waals surface area (Å²) in [6.07, 6.45) is -0.673. The first-order chi connectivity index (χ1) is 26.2. The first-order valence-corrected chi connectivity index (χ1v) is 18.1. The summed E-state index contributed by atoms with van der Waals surface area (Å²) in [5.74, 6) is -2.14. The molecule has 55 heavy (non-hydrogen) atoms. The molecule has 0 radical (unpaired) electrons. The molecule has 5 aromatic rings. The molecule has 1 fully saturated rings. The lowest BCUT2D eigenvalue weighted by Gasteiger charge is -2.20. The molecule has 1 aliphatic carbocycles. The molecule has 1 amide bonds. The van der Waals surface area contributed by atoms with E-state index < -0.39 is 36.4 Å². The highest BCUT2D eigenvalue weighted by atomic mass is 35.5. The first kappa shape index (κ1) is 41.2. The number of carbonyl (C=O) groups is 2. The van der Waals surface area contributed by atoms with Gasteiger partial charge in [0.1, 0.15) is 12.2 Å². The van der Waals surface area contributed by atoms with Crippen molar-refractivity contribution in [2.75, 3.05) is 23.7 Å². The Morgan fingerprint density at radius 1 is 0.927 bits per heavy atom. The summed E-state index contributed by atoms with van der Waals surface area (Å²) in [7, 11) is 0. The number of imidazole rings is 2. The molecule has 0 saturated heterocycles. The number of carboxylic acids is 1. The van der Waals surface area contributed by atoms with Crippen LogP contribution in [-0.2, 0) is 22.6 Å². The Bertz CT molecular complexity index is 2020. The second-order valence-electron chi connectivity index (χ2n) is 12.7. The van der Waals surface area contributed by atoms with Crippen LogP contribution in [0.2, 0.25) is 10.0 Å². The molecule has 3 heterocycles. The number of benzene rings is 2. The number of anilines is 2. The van der Waals surface area contributed by atoms with Gasteiger partial charge < -0.3 is 40.4 Å². The lowest BCUT2D eigenvalue weighted by atomic mass is 9.91. The minimum absolute atomic E-state index is 0.0774. The number of hydrogen-bond donors (Lipinski definition) is 6. The fourth-order valence-electron chi connectivity index (χ4n) is 6.13. The van der Waals surface area contributed by atoms with Gasteiger partial charge in [0.2, 0.25) is 11.9 Å². The van der Waals surface area contributed by atoms with Gasteiger partial charge in [-0.25, -0.2) is 14.8 Å². The van der Waals surface area contributed by atoms with Gasteiger partial charge in [-0.05, 0) is 48.7 Å². The summed E-state index contributed by atoms with van der Waals surface area (Å²) in [6, 6.07) is 14.3. The molecule has 2 aromatic carbocycles. The van der Waals surface area contributed by atoms with Crippen molar-refractivity contribution in [2.24, 2.45) is 0 Å². The van der Waals surface area contributed by atoms with Gasteiger partial charge in [-0.15, -0.1) is 0 Å². The second-order valence-corrected chi connectivity index (χ2v) is 13.6. The van der Waals surface area contributed by atoms with Crippen molar-refractivity contribution in [1.82, 2.24) is 34.4 Å². The smallest absolute Gasteiger partial charge is 0.475 e. The van der Waals surface area contributed by atoms with Gasteiger partial charge >= 0.3 is 12.1 Å². The molecule has 0 spiro atoms. The molecule has 3 aromatic heterocycles. The van der Waals surface area contributed by atoms with E-state index in [9.17, 15) is 28.2 Å². The summed E-state index contributed by atoms with van der Waals surface area (Å²) in [6.45, 7) is 5.65. The van der Waals surface area contributed by atoms with E-state index in [2.05, 4.69) is 32.8 Å². The van der Waals surface area contributed by atoms with E-state index in [0.717, 1.165) is 23.4 Å². The van der Waals surface area contributed by atoms with E-state index in [1.54, 1.807) is 17.8 Å². The maximum atomic E-state index is 12.1. The predicted octanol–water partition coefficient (Wildman–Crippen LogP) is 5.44. The van der Waals surface area contributed by atoms with E-state index in [-0.39, 0.29) is 18.2 Å². The second kappa shape index (κ2) is 18.1. The third kappa shape index (κ3) is 10.4. The van der Waals surface area contributed by atoms with Crippen molar-refractivity contribution in [1.29, 1.82) is 0 Å². The number of aliphatic hydroxyl groups is 2. The van der Waals surface area contributed by atoms with Gasteiger partial charge in [-0.1, -0.05) is 54.4 Å². The standard InChI is InChI=1S/C34H39Cl2N9O3.C2HF3O2/c1-3-28(46)41-26-15-27(31(48)30(26)47)45-19-40-29-32(42-34(43-33(29)45)37-14-13-24-17-44(4-2)18-39-24)38-16-25(20-5-9-22(35)10-6-20)21-7-11-23(36)12-8-21;3-2(4,5)1(6)7/h5-12,17-19,25-27,30-31,47-48H,3-4,13-16H2,1-2H3,(H,41,46)(H2,37,38,42,43);(H,6,7)/t26-,27+,30+,31-;/m0./s1. The molecule has 0 bridgehead atoms. The highest BCUT2D eigenvalue weighted by molar-refractivity contribution is 6.30. The number of carboxylic acid groups (broad SMARTS) is 1. The summed E-state index contributed by atoms with van der Waals surface area (Å²) in [5, 5.41) is 40.0. The molecule has 4 atom stereocenters. The van der Waals surface area contributed by atoms with E-state index in [1.165, 1.54) is 0 Å². The Labute approximate surface area is 323 Å². The number of nitrogens with zero attached hydrogens (tertiary/aromatic N) is 6. The van der Waals surface area contributed by atoms with Gasteiger partial charge in [0.05, 0.1) is 30.4 Å². The van der Waals surface area contributed by atoms with Crippen LogP contribution >= 0.6 is 23.2 Å². The minimum atomic E-state index is -5.08. The van der Waals surface area contributed by atoms with Crippen molar-refractivity contribution in [3.8, 4) is 0 Å². The Morgan fingerprint density at radius 2 is 1.55 bits per heavy atom. The number of rotatable bonds is 13. The zero-order chi connectivity index (χ0) is 39.9. The zero-order valence-corrected chi connectivity index (χ0v) is 31.2. The lowest BCUT2D eigenvalue weighted by Crippen LogP contribution is -2.42. The summed E-state index contributed by atoms with van der Waals surface area (Å²) < 4.78 is 35.5. The number of aromatic nitrogens is 6. The highest BCUT2D eigenvalue weighted by Crippen LogP contribution is 2.35. The zero-order valence-electron chi connectivity index (χ0n) is 29.7. The number of carbonyl (C=O) groups excluding carboxylic acids is 1. The van der Waals surface area contributed by atoms with E-state index in [1.807, 2.05) is 65.6 Å². The largest absolute Gasteiger partial charge is 0.490 e. The minimum Gasteiger partial charge on any atom is -0.475 e. The Balaban J connectivity index is 0.000000757. The Morgan fingerprint density at radius 3 is 2.09 bits per heavy atom. The van der Waals surface area contributed by atoms with Crippen LogP contribution < -0.4 is 16.0 Å². The molecule has 1 saturated carbocycles. The molecule has 0 unspecified atom stereocenters. The van der Waals surface area contributed by atoms with E-state index in [0.29, 0.717) is 58.9 Å². The van der Waals surface area contributed by atoms with Crippen LogP contribution in [0.4, 0.5) is 24.9 Å². The van der Waals surface area contributed by atoms with Crippen LogP contribution in [0, 0.1) is 0 Å². The van der Waals surface area contributed by atoms with Crippen LogP contribution in [0.15, 0.2) is 67.4 Å². The maximum absolute atomic E-state index is 12.1. The number of hydrogen-bond acceptors (Lipinski definition) is 10. The van der Waals surface area contributed by atoms with Crippen LogP contribution in [0.5, 0.6) is 0 Å². The number of fused-ring (bicyclic) bond motifs is 1. The van der Waals surface area contributed by atoms with Gasteiger partial charge in [0, 0.05) is 54.6 Å². The molecule has 6 N–H and O–H groups in total.